The van der Waals surface area contributed by atoms with E-state index in [2.05, 4.69) is 16.0 Å². The Balaban J connectivity index is 4.19. The van der Waals surface area contributed by atoms with E-state index in [0.29, 0.717) is 0 Å². The summed E-state index contributed by atoms with van der Waals surface area (Å²) >= 11 is 0. The summed E-state index contributed by atoms with van der Waals surface area (Å²) in [6.07, 6.45) is 0. The number of carbonyl (C=O) groups excluding carboxylic acids is 2. The molecule has 7 heteroatoms. The monoisotopic (exact) mass is 273 g/mol. The van der Waals surface area contributed by atoms with E-state index >= 15 is 0 Å². The predicted octanol–water partition coefficient (Wildman–Crippen LogP) is 0.310. The molecule has 0 unspecified atom stereocenters. The maximum Gasteiger partial charge on any atom is 0.326 e. The minimum atomic E-state index is -1.11. The van der Waals surface area contributed by atoms with Crippen LogP contribution in [-0.4, -0.2) is 41.1 Å². The predicted molar refractivity (Wildman–Crippen MR) is 70.7 cm³/mol. The molecular formula is C12H23N3O4. The highest BCUT2D eigenvalue weighted by Gasteiger charge is 2.23. The maximum atomic E-state index is 11.5. The Morgan fingerprint density at radius 2 is 1.68 bits per heavy atom. The molecule has 19 heavy (non-hydrogen) atoms. The number of carboxylic acid groups (broad SMARTS) is 1. The van der Waals surface area contributed by atoms with E-state index < -0.39 is 18.0 Å². The molecule has 0 aromatic rings. The fourth-order valence-electron chi connectivity index (χ4n) is 1.33. The van der Waals surface area contributed by atoms with Crippen LogP contribution in [0.25, 0.3) is 0 Å². The Hall–Kier alpha value is -1.79. The highest BCUT2D eigenvalue weighted by atomic mass is 16.4. The van der Waals surface area contributed by atoms with Crippen LogP contribution in [0.3, 0.4) is 0 Å². The van der Waals surface area contributed by atoms with E-state index in [-0.39, 0.29) is 23.9 Å². The standard InChI is InChI=1S/C12H23N3O4/c1-7(2)9(10(17)18)14-11(19)13-6-8(16)15-12(3,4)5/h7,9H,6H2,1-5H3,(H,15,16)(H,17,18)(H2,13,14,19)/t9-/m0/s1. The lowest BCUT2D eigenvalue weighted by Crippen LogP contribution is -2.51. The van der Waals surface area contributed by atoms with Crippen molar-refractivity contribution in [2.45, 2.75) is 46.2 Å². The summed E-state index contributed by atoms with van der Waals surface area (Å²) in [5.41, 5.74) is -0.378. The third-order valence-corrected chi connectivity index (χ3v) is 2.14. The van der Waals surface area contributed by atoms with Crippen molar-refractivity contribution < 1.29 is 19.5 Å². The van der Waals surface area contributed by atoms with Gasteiger partial charge < -0.3 is 21.1 Å². The van der Waals surface area contributed by atoms with Gasteiger partial charge in [0, 0.05) is 5.54 Å². The van der Waals surface area contributed by atoms with E-state index in [1.807, 2.05) is 20.8 Å². The fraction of sp³-hybridized carbons (Fsp3) is 0.750. The second-order valence-electron chi connectivity index (χ2n) is 5.69. The third kappa shape index (κ3) is 8.01. The highest BCUT2D eigenvalue weighted by molar-refractivity contribution is 5.86. The van der Waals surface area contributed by atoms with Gasteiger partial charge in [-0.1, -0.05) is 13.8 Å². The quantitative estimate of drug-likeness (QED) is 0.578. The molecule has 7 nitrogen and oxygen atoms in total. The summed E-state index contributed by atoms with van der Waals surface area (Å²) in [5, 5.41) is 16.2. The van der Waals surface area contributed by atoms with E-state index in [4.69, 9.17) is 5.11 Å². The second-order valence-corrected chi connectivity index (χ2v) is 5.69. The number of carbonyl (C=O) groups is 3. The van der Waals surface area contributed by atoms with Crippen LogP contribution < -0.4 is 16.0 Å². The molecule has 3 amide bonds. The molecule has 0 rings (SSSR count). The first kappa shape index (κ1) is 17.2. The van der Waals surface area contributed by atoms with Crippen molar-refractivity contribution >= 4 is 17.9 Å². The minimum Gasteiger partial charge on any atom is -0.480 e. The smallest absolute Gasteiger partial charge is 0.326 e. The van der Waals surface area contributed by atoms with Crippen molar-refractivity contribution in [1.29, 1.82) is 0 Å². The summed E-state index contributed by atoms with van der Waals surface area (Å²) in [5.74, 6) is -1.69. The van der Waals surface area contributed by atoms with Crippen molar-refractivity contribution in [3.05, 3.63) is 0 Å². The number of amides is 3. The van der Waals surface area contributed by atoms with E-state index in [1.165, 1.54) is 0 Å². The van der Waals surface area contributed by atoms with E-state index in [0.717, 1.165) is 0 Å². The normalized spacial score (nSPS) is 12.7. The zero-order valence-electron chi connectivity index (χ0n) is 12.0. The zero-order valence-corrected chi connectivity index (χ0v) is 12.0. The molecule has 1 atom stereocenters. The van der Waals surface area contributed by atoms with Gasteiger partial charge >= 0.3 is 12.0 Å². The van der Waals surface area contributed by atoms with Gasteiger partial charge in [-0.05, 0) is 26.7 Å². The molecule has 0 fully saturated rings. The number of hydrogen-bond donors (Lipinski definition) is 4. The number of aliphatic carboxylic acids is 1. The number of rotatable bonds is 5. The molecule has 0 radical (unpaired) electrons. The molecule has 0 saturated heterocycles. The minimum absolute atomic E-state index is 0.201. The van der Waals surface area contributed by atoms with E-state index in [1.54, 1.807) is 13.8 Å². The van der Waals surface area contributed by atoms with Crippen LogP contribution in [0.1, 0.15) is 34.6 Å². The topological polar surface area (TPSA) is 108 Å². The van der Waals surface area contributed by atoms with Gasteiger partial charge in [0.1, 0.15) is 6.04 Å². The lowest BCUT2D eigenvalue weighted by Gasteiger charge is -2.21. The van der Waals surface area contributed by atoms with Gasteiger partial charge in [0.2, 0.25) is 5.91 Å². The van der Waals surface area contributed by atoms with Crippen LogP contribution >= 0.6 is 0 Å². The Morgan fingerprint density at radius 3 is 2.05 bits per heavy atom. The molecule has 0 bridgehead atoms. The molecule has 0 aromatic carbocycles. The van der Waals surface area contributed by atoms with Crippen molar-refractivity contribution in [2.24, 2.45) is 5.92 Å². The average Bonchev–Trinajstić information content (AvgIpc) is 2.19. The van der Waals surface area contributed by atoms with Gasteiger partial charge in [0.15, 0.2) is 0 Å². The maximum absolute atomic E-state index is 11.5. The molecule has 0 aliphatic heterocycles. The Morgan fingerprint density at radius 1 is 1.16 bits per heavy atom. The van der Waals surface area contributed by atoms with Gasteiger partial charge in [0.25, 0.3) is 0 Å². The molecule has 0 aliphatic rings. The van der Waals surface area contributed by atoms with Crippen LogP contribution in [0, 0.1) is 5.92 Å². The molecule has 0 saturated carbocycles. The van der Waals surface area contributed by atoms with Crippen LogP contribution in [0.2, 0.25) is 0 Å². The first-order valence-electron chi connectivity index (χ1n) is 6.11. The molecule has 0 spiro atoms. The average molecular weight is 273 g/mol. The van der Waals surface area contributed by atoms with Gasteiger partial charge in [-0.2, -0.15) is 0 Å². The van der Waals surface area contributed by atoms with Gasteiger partial charge in [0.05, 0.1) is 6.54 Å². The molecule has 110 valence electrons. The highest BCUT2D eigenvalue weighted by Crippen LogP contribution is 2.01. The van der Waals surface area contributed by atoms with Crippen molar-refractivity contribution in [1.82, 2.24) is 16.0 Å². The molecule has 0 aliphatic carbocycles. The first-order valence-corrected chi connectivity index (χ1v) is 6.11. The summed E-state index contributed by atoms with van der Waals surface area (Å²) in [6.45, 7) is 8.64. The van der Waals surface area contributed by atoms with Crippen molar-refractivity contribution in [3.63, 3.8) is 0 Å². The Labute approximate surface area is 113 Å². The number of urea groups is 1. The summed E-state index contributed by atoms with van der Waals surface area (Å²) in [6, 6.07) is -1.66. The van der Waals surface area contributed by atoms with Crippen LogP contribution in [0.5, 0.6) is 0 Å². The molecule has 0 heterocycles. The number of hydrogen-bond acceptors (Lipinski definition) is 3. The van der Waals surface area contributed by atoms with Crippen LogP contribution in [-0.2, 0) is 9.59 Å². The fourth-order valence-corrected chi connectivity index (χ4v) is 1.33. The molecule has 0 aromatic heterocycles. The molecular weight excluding hydrogens is 250 g/mol. The largest absolute Gasteiger partial charge is 0.480 e. The first-order chi connectivity index (χ1) is 8.53. The Kier molecular flexibility index (Phi) is 6.31. The van der Waals surface area contributed by atoms with Crippen LogP contribution in [0.15, 0.2) is 0 Å². The van der Waals surface area contributed by atoms with Crippen molar-refractivity contribution in [2.75, 3.05) is 6.54 Å². The summed E-state index contributed by atoms with van der Waals surface area (Å²) < 4.78 is 0. The van der Waals surface area contributed by atoms with Crippen LogP contribution in [0.4, 0.5) is 4.79 Å². The second kappa shape index (κ2) is 6.96. The lowest BCUT2D eigenvalue weighted by atomic mass is 10.1. The summed E-state index contributed by atoms with van der Waals surface area (Å²) in [4.78, 5) is 33.8. The number of carboxylic acids is 1. The van der Waals surface area contributed by atoms with E-state index in [9.17, 15) is 14.4 Å². The molecule has 4 N–H and O–H groups in total. The van der Waals surface area contributed by atoms with Gasteiger partial charge in [-0.3, -0.25) is 4.79 Å². The summed E-state index contributed by atoms with van der Waals surface area (Å²) in [7, 11) is 0. The van der Waals surface area contributed by atoms with Crippen molar-refractivity contribution in [3.8, 4) is 0 Å². The van der Waals surface area contributed by atoms with Gasteiger partial charge in [-0.25, -0.2) is 9.59 Å². The number of nitrogens with one attached hydrogen (secondary N) is 3. The van der Waals surface area contributed by atoms with Gasteiger partial charge in [-0.15, -0.1) is 0 Å². The third-order valence-electron chi connectivity index (χ3n) is 2.14. The Bertz CT molecular complexity index is 347. The lowest BCUT2D eigenvalue weighted by molar-refractivity contribution is -0.140. The zero-order chi connectivity index (χ0) is 15.2. The SMILES string of the molecule is CC(C)[C@H](NC(=O)NCC(=O)NC(C)(C)C)C(=O)O.